The second kappa shape index (κ2) is 7.50. The molecule has 0 fully saturated rings. The summed E-state index contributed by atoms with van der Waals surface area (Å²) in [6, 6.07) is 0. The van der Waals surface area contributed by atoms with Gasteiger partial charge in [0.2, 0.25) is 0 Å². The molecule has 6 heteroatoms. The molecule has 0 saturated heterocycles. The molecule has 0 spiro atoms. The van der Waals surface area contributed by atoms with Gasteiger partial charge in [0, 0.05) is 5.57 Å². The lowest BCUT2D eigenvalue weighted by atomic mass is 9.98. The zero-order valence-corrected chi connectivity index (χ0v) is 11.4. The molecule has 2 nitrogen and oxygen atoms in total. The van der Waals surface area contributed by atoms with Gasteiger partial charge in [0.15, 0.2) is 6.17 Å². The molecule has 0 aromatic heterocycles. The Morgan fingerprint density at radius 1 is 1.37 bits per heavy atom. The van der Waals surface area contributed by atoms with Gasteiger partial charge in [0.1, 0.15) is 12.8 Å². The summed E-state index contributed by atoms with van der Waals surface area (Å²) in [6.45, 7) is 6.46. The topological polar surface area (TPSA) is 26.3 Å². The molecule has 0 heterocycles. The first-order chi connectivity index (χ1) is 8.60. The lowest BCUT2D eigenvalue weighted by Gasteiger charge is -2.26. The number of carbonyl (C=O) groups is 1. The maximum atomic E-state index is 13.3. The summed E-state index contributed by atoms with van der Waals surface area (Å²) in [4.78, 5) is 11.3. The second-order valence-electron chi connectivity index (χ2n) is 5.02. The summed E-state index contributed by atoms with van der Waals surface area (Å²) in [5, 5.41) is 0. The molecule has 0 aliphatic carbocycles. The highest BCUT2D eigenvalue weighted by Crippen LogP contribution is 2.30. The van der Waals surface area contributed by atoms with E-state index in [1.807, 2.05) is 0 Å². The first-order valence-corrected chi connectivity index (χ1v) is 6.04. The van der Waals surface area contributed by atoms with Crippen LogP contribution in [0.1, 0.15) is 33.6 Å². The molecule has 112 valence electrons. The minimum atomic E-state index is -3.86. The van der Waals surface area contributed by atoms with E-state index in [0.717, 1.165) is 0 Å². The van der Waals surface area contributed by atoms with Gasteiger partial charge < -0.3 is 4.74 Å². The zero-order valence-electron chi connectivity index (χ0n) is 11.4. The number of alkyl halides is 4. The van der Waals surface area contributed by atoms with Gasteiger partial charge in [0.05, 0.1) is 6.42 Å². The summed E-state index contributed by atoms with van der Waals surface area (Å²) in [7, 11) is 0. The van der Waals surface area contributed by atoms with Crippen molar-refractivity contribution in [2.75, 3.05) is 6.67 Å². The molecular formula is C13H20F4O2. The van der Waals surface area contributed by atoms with Gasteiger partial charge in [-0.1, -0.05) is 20.4 Å². The number of halogens is 4. The largest absolute Gasteiger partial charge is 0.459 e. The third-order valence-electron chi connectivity index (χ3n) is 2.45. The van der Waals surface area contributed by atoms with Gasteiger partial charge in [-0.2, -0.15) is 0 Å². The Kier molecular flexibility index (Phi) is 7.08. The third kappa shape index (κ3) is 6.59. The maximum Gasteiger partial charge on any atom is 0.333 e. The molecule has 0 amide bonds. The fourth-order valence-corrected chi connectivity index (χ4v) is 1.50. The van der Waals surface area contributed by atoms with E-state index in [0.29, 0.717) is 0 Å². The first-order valence-electron chi connectivity index (χ1n) is 6.04. The van der Waals surface area contributed by atoms with Crippen LogP contribution in [0.3, 0.4) is 0 Å². The molecule has 2 unspecified atom stereocenters. The molecule has 2 atom stereocenters. The van der Waals surface area contributed by atoms with Crippen LogP contribution in [-0.4, -0.2) is 30.8 Å². The minimum absolute atomic E-state index is 0.0258. The van der Waals surface area contributed by atoms with Crippen LogP contribution >= 0.6 is 0 Å². The number of hydrogen-bond donors (Lipinski definition) is 0. The number of ether oxygens (including phenoxy) is 1. The Balaban J connectivity index is 4.76. The molecule has 0 aromatic rings. The lowest BCUT2D eigenvalue weighted by molar-refractivity contribution is -0.155. The Hall–Kier alpha value is -1.07. The van der Waals surface area contributed by atoms with E-state index in [1.165, 1.54) is 6.92 Å². The van der Waals surface area contributed by atoms with E-state index in [9.17, 15) is 22.4 Å². The minimum Gasteiger partial charge on any atom is -0.459 e. The summed E-state index contributed by atoms with van der Waals surface area (Å²) in [6.07, 6.45) is -4.93. The summed E-state index contributed by atoms with van der Waals surface area (Å²) in [5.74, 6) is -4.69. The van der Waals surface area contributed by atoms with E-state index >= 15 is 0 Å². The van der Waals surface area contributed by atoms with Crippen LogP contribution in [0.2, 0.25) is 0 Å². The van der Waals surface area contributed by atoms with Crippen LogP contribution in [0.5, 0.6) is 0 Å². The molecule has 0 N–H and O–H groups in total. The van der Waals surface area contributed by atoms with Crippen molar-refractivity contribution in [2.45, 2.75) is 51.8 Å². The van der Waals surface area contributed by atoms with Crippen LogP contribution in [0.25, 0.3) is 0 Å². The monoisotopic (exact) mass is 284 g/mol. The molecule has 0 aliphatic heterocycles. The van der Waals surface area contributed by atoms with Crippen molar-refractivity contribution in [3.8, 4) is 0 Å². The van der Waals surface area contributed by atoms with Gasteiger partial charge in [-0.15, -0.1) is 0 Å². The van der Waals surface area contributed by atoms with Crippen molar-refractivity contribution in [1.29, 1.82) is 0 Å². The highest BCUT2D eigenvalue weighted by atomic mass is 19.3. The SMILES string of the molecule is C=C(C)C(=O)OC(CC(C)C)CC(F)(F)C(F)CF. The van der Waals surface area contributed by atoms with Crippen LogP contribution in [0.15, 0.2) is 12.2 Å². The molecule has 0 saturated carbocycles. The molecule has 0 aliphatic rings. The predicted molar refractivity (Wildman–Crippen MR) is 64.6 cm³/mol. The molecule has 0 aromatic carbocycles. The van der Waals surface area contributed by atoms with Crippen molar-refractivity contribution in [3.63, 3.8) is 0 Å². The fraction of sp³-hybridized carbons (Fsp3) is 0.769. The summed E-state index contributed by atoms with van der Waals surface area (Å²) in [5.41, 5.74) is 0.0689. The van der Waals surface area contributed by atoms with E-state index < -0.39 is 37.3 Å². The zero-order chi connectivity index (χ0) is 15.2. The molecule has 0 radical (unpaired) electrons. The third-order valence-corrected chi connectivity index (χ3v) is 2.45. The average Bonchev–Trinajstić information content (AvgIpc) is 2.25. The summed E-state index contributed by atoms with van der Waals surface area (Å²) >= 11 is 0. The first kappa shape index (κ1) is 17.9. The van der Waals surface area contributed by atoms with Gasteiger partial charge in [-0.25, -0.2) is 22.4 Å². The van der Waals surface area contributed by atoms with Crippen LogP contribution < -0.4 is 0 Å². The second-order valence-corrected chi connectivity index (χ2v) is 5.02. The standard InChI is InChI=1S/C13H20F4O2/c1-8(2)5-10(19-12(18)9(3)4)6-13(16,17)11(15)7-14/h8,10-11H,3,5-7H2,1-2,4H3. The maximum absolute atomic E-state index is 13.3. The number of esters is 1. The van der Waals surface area contributed by atoms with Crippen LogP contribution in [0.4, 0.5) is 17.6 Å². The highest BCUT2D eigenvalue weighted by Gasteiger charge is 2.43. The van der Waals surface area contributed by atoms with Crippen molar-refractivity contribution in [1.82, 2.24) is 0 Å². The van der Waals surface area contributed by atoms with Gasteiger partial charge in [0.25, 0.3) is 5.92 Å². The quantitative estimate of drug-likeness (QED) is 0.384. The Bertz CT molecular complexity index is 316. The van der Waals surface area contributed by atoms with Crippen LogP contribution in [0, 0.1) is 5.92 Å². The van der Waals surface area contributed by atoms with Crippen molar-refractivity contribution in [3.05, 3.63) is 12.2 Å². The van der Waals surface area contributed by atoms with Crippen LogP contribution in [-0.2, 0) is 9.53 Å². The van der Waals surface area contributed by atoms with Gasteiger partial charge >= 0.3 is 5.97 Å². The predicted octanol–water partition coefficient (Wildman–Crippen LogP) is 3.85. The van der Waals surface area contributed by atoms with E-state index in [4.69, 9.17) is 4.74 Å². The molecule has 19 heavy (non-hydrogen) atoms. The Morgan fingerprint density at radius 3 is 2.26 bits per heavy atom. The molecule has 0 rings (SSSR count). The number of carbonyl (C=O) groups excluding carboxylic acids is 1. The molecule has 0 bridgehead atoms. The lowest BCUT2D eigenvalue weighted by Crippen LogP contribution is -2.37. The Labute approximate surface area is 110 Å². The van der Waals surface area contributed by atoms with Crippen molar-refractivity contribution < 1.29 is 27.1 Å². The van der Waals surface area contributed by atoms with E-state index in [2.05, 4.69) is 6.58 Å². The number of rotatable bonds is 8. The van der Waals surface area contributed by atoms with Crippen molar-refractivity contribution in [2.24, 2.45) is 5.92 Å². The Morgan fingerprint density at radius 2 is 1.89 bits per heavy atom. The van der Waals surface area contributed by atoms with Gasteiger partial charge in [-0.3, -0.25) is 0 Å². The molecular weight excluding hydrogens is 264 g/mol. The van der Waals surface area contributed by atoms with Crippen molar-refractivity contribution >= 4 is 5.97 Å². The number of hydrogen-bond acceptors (Lipinski definition) is 2. The smallest absolute Gasteiger partial charge is 0.333 e. The fourth-order valence-electron chi connectivity index (χ4n) is 1.50. The highest BCUT2D eigenvalue weighted by molar-refractivity contribution is 5.87. The van der Waals surface area contributed by atoms with E-state index in [-0.39, 0.29) is 17.9 Å². The average molecular weight is 284 g/mol. The normalized spacial score (nSPS) is 15.2. The van der Waals surface area contributed by atoms with Gasteiger partial charge in [-0.05, 0) is 19.3 Å². The summed E-state index contributed by atoms with van der Waals surface area (Å²) < 4.78 is 56.4. The van der Waals surface area contributed by atoms with E-state index in [1.54, 1.807) is 13.8 Å².